The first-order valence-corrected chi connectivity index (χ1v) is 9.75. The molecule has 2 bridgehead atoms. The van der Waals surface area contributed by atoms with Crippen LogP contribution in [0.3, 0.4) is 0 Å². The van der Waals surface area contributed by atoms with Gasteiger partial charge in [-0.05, 0) is 25.2 Å². The van der Waals surface area contributed by atoms with Gasteiger partial charge in [0.1, 0.15) is 11.1 Å². The fraction of sp³-hybridized carbons (Fsp3) is 0.579. The summed E-state index contributed by atoms with van der Waals surface area (Å²) in [5.41, 5.74) is -0.481. The molecule has 2 aromatic heterocycles. The van der Waals surface area contributed by atoms with Crippen molar-refractivity contribution in [3.05, 3.63) is 28.3 Å². The summed E-state index contributed by atoms with van der Waals surface area (Å²) in [6, 6.07) is 0. The first kappa shape index (κ1) is 17.6. The molecule has 6 rings (SSSR count). The normalized spacial score (nSPS) is 26.5. The van der Waals surface area contributed by atoms with E-state index < -0.39 is 11.5 Å². The number of nitrogens with zero attached hydrogens (tertiary/aromatic N) is 4. The monoisotopic (exact) mass is 385 g/mol. The van der Waals surface area contributed by atoms with E-state index in [-0.39, 0.29) is 22.4 Å². The first-order chi connectivity index (χ1) is 13.6. The predicted molar refractivity (Wildman–Crippen MR) is 100 cm³/mol. The number of carbonyl (C=O) groups is 1. The zero-order valence-electron chi connectivity index (χ0n) is 15.6. The topological polar surface area (TPSA) is 110 Å². The van der Waals surface area contributed by atoms with Gasteiger partial charge in [0.15, 0.2) is 11.4 Å². The molecule has 1 saturated heterocycles. The molecule has 3 saturated carbocycles. The minimum atomic E-state index is -0.525. The molecule has 0 atom stereocenters. The van der Waals surface area contributed by atoms with E-state index in [4.69, 9.17) is 4.74 Å². The van der Waals surface area contributed by atoms with E-state index in [1.165, 1.54) is 17.0 Å². The van der Waals surface area contributed by atoms with E-state index in [0.29, 0.717) is 37.9 Å². The average molecular weight is 385 g/mol. The van der Waals surface area contributed by atoms with Gasteiger partial charge >= 0.3 is 0 Å². The fourth-order valence-electron chi connectivity index (χ4n) is 4.56. The van der Waals surface area contributed by atoms with Crippen molar-refractivity contribution in [2.45, 2.75) is 31.3 Å². The number of amides is 1. The lowest BCUT2D eigenvalue weighted by molar-refractivity contribution is -0.0439. The number of nitrogens with one attached hydrogen (secondary N) is 1. The number of aromatic hydroxyl groups is 1. The molecule has 3 heterocycles. The molecule has 28 heavy (non-hydrogen) atoms. The number of fused-ring (bicyclic) bond motifs is 1. The van der Waals surface area contributed by atoms with Crippen molar-refractivity contribution in [2.24, 2.45) is 5.92 Å². The average Bonchev–Trinajstić information content (AvgIpc) is 2.64. The van der Waals surface area contributed by atoms with E-state index in [1.807, 2.05) is 0 Å². The molecule has 0 radical (unpaired) electrons. The lowest BCUT2D eigenvalue weighted by Crippen LogP contribution is -2.68. The molecule has 0 spiro atoms. The number of pyridine rings is 1. The number of ether oxygens (including phenoxy) is 1. The molecule has 9 nitrogen and oxygen atoms in total. The smallest absolute Gasteiger partial charge is 0.269 e. The Kier molecular flexibility index (Phi) is 4.09. The van der Waals surface area contributed by atoms with Gasteiger partial charge in [-0.3, -0.25) is 19.1 Å². The zero-order valence-corrected chi connectivity index (χ0v) is 15.6. The van der Waals surface area contributed by atoms with Crippen LogP contribution >= 0.6 is 0 Å². The summed E-state index contributed by atoms with van der Waals surface area (Å²) in [5.74, 6) is -0.213. The molecule has 4 fully saturated rings. The van der Waals surface area contributed by atoms with Crippen molar-refractivity contribution in [2.75, 3.05) is 32.8 Å². The molecule has 2 N–H and O–H groups in total. The van der Waals surface area contributed by atoms with Crippen LogP contribution in [0, 0.1) is 5.92 Å². The third kappa shape index (κ3) is 2.77. The number of hydrogen-bond acceptors (Lipinski definition) is 7. The second-order valence-corrected chi connectivity index (χ2v) is 8.08. The molecule has 148 valence electrons. The predicted octanol–water partition coefficient (Wildman–Crippen LogP) is 0.112. The Morgan fingerprint density at radius 2 is 1.93 bits per heavy atom. The van der Waals surface area contributed by atoms with Crippen LogP contribution < -0.4 is 10.9 Å². The standard InChI is InChI=1S/C19H23N5O4/c25-15-13(17(26)22-19-9-12(10-19)11-19)18(27)24(16-14(15)20-1-2-21-16)4-3-23-5-7-28-8-6-23/h1-2,12,25H,3-11H2,(H,22,26). The Balaban J connectivity index is 1.50. The summed E-state index contributed by atoms with van der Waals surface area (Å²) in [7, 11) is 0. The van der Waals surface area contributed by atoms with Gasteiger partial charge in [0.2, 0.25) is 0 Å². The quantitative estimate of drug-likeness (QED) is 0.752. The molecule has 4 aliphatic rings. The number of hydrogen-bond donors (Lipinski definition) is 2. The minimum Gasteiger partial charge on any atom is -0.505 e. The van der Waals surface area contributed by atoms with Crippen LogP contribution in [0.4, 0.5) is 0 Å². The maximum absolute atomic E-state index is 13.2. The Morgan fingerprint density at radius 3 is 2.61 bits per heavy atom. The zero-order chi connectivity index (χ0) is 19.3. The summed E-state index contributed by atoms with van der Waals surface area (Å²) in [4.78, 5) is 36.6. The Bertz CT molecular complexity index is 981. The third-order valence-corrected chi connectivity index (χ3v) is 6.24. The Hall–Kier alpha value is -2.52. The maximum atomic E-state index is 13.2. The van der Waals surface area contributed by atoms with Gasteiger partial charge in [0.05, 0.1) is 13.2 Å². The molecular weight excluding hydrogens is 362 g/mol. The second kappa shape index (κ2) is 6.52. The molecule has 3 aliphatic carbocycles. The van der Waals surface area contributed by atoms with Crippen molar-refractivity contribution in [1.82, 2.24) is 24.8 Å². The van der Waals surface area contributed by atoms with Crippen LogP contribution in [-0.4, -0.2) is 68.8 Å². The van der Waals surface area contributed by atoms with Crippen molar-refractivity contribution in [3.63, 3.8) is 0 Å². The third-order valence-electron chi connectivity index (χ3n) is 6.24. The van der Waals surface area contributed by atoms with Crippen molar-refractivity contribution < 1.29 is 14.6 Å². The minimum absolute atomic E-state index is 0.173. The van der Waals surface area contributed by atoms with E-state index >= 15 is 0 Å². The van der Waals surface area contributed by atoms with Crippen LogP contribution in [0.5, 0.6) is 5.75 Å². The Labute approximate surface area is 161 Å². The molecule has 0 aromatic carbocycles. The van der Waals surface area contributed by atoms with Crippen LogP contribution in [0.1, 0.15) is 29.6 Å². The van der Waals surface area contributed by atoms with Gasteiger partial charge in [0.25, 0.3) is 11.5 Å². The summed E-state index contributed by atoms with van der Waals surface area (Å²) in [5, 5.41) is 13.6. The summed E-state index contributed by atoms with van der Waals surface area (Å²) in [6.45, 7) is 3.93. The van der Waals surface area contributed by atoms with Gasteiger partial charge in [0, 0.05) is 44.1 Å². The number of rotatable bonds is 5. The van der Waals surface area contributed by atoms with Gasteiger partial charge in [-0.15, -0.1) is 0 Å². The summed E-state index contributed by atoms with van der Waals surface area (Å²) in [6.07, 6.45) is 5.80. The van der Waals surface area contributed by atoms with Gasteiger partial charge in [-0.2, -0.15) is 0 Å². The number of carbonyl (C=O) groups excluding carboxylic acids is 1. The molecule has 9 heteroatoms. The maximum Gasteiger partial charge on any atom is 0.269 e. The lowest BCUT2D eigenvalue weighted by Gasteiger charge is -2.61. The lowest BCUT2D eigenvalue weighted by atomic mass is 9.50. The van der Waals surface area contributed by atoms with Crippen molar-refractivity contribution in [3.8, 4) is 5.75 Å². The first-order valence-electron chi connectivity index (χ1n) is 9.75. The molecule has 1 amide bonds. The van der Waals surface area contributed by atoms with Crippen LogP contribution in [-0.2, 0) is 11.3 Å². The van der Waals surface area contributed by atoms with E-state index in [2.05, 4.69) is 20.2 Å². The van der Waals surface area contributed by atoms with Gasteiger partial charge in [-0.25, -0.2) is 9.97 Å². The highest BCUT2D eigenvalue weighted by molar-refractivity contribution is 6.01. The fourth-order valence-corrected chi connectivity index (χ4v) is 4.56. The molecule has 2 aromatic rings. The summed E-state index contributed by atoms with van der Waals surface area (Å²) < 4.78 is 6.81. The molecule has 0 unspecified atom stereocenters. The van der Waals surface area contributed by atoms with E-state index in [9.17, 15) is 14.7 Å². The second-order valence-electron chi connectivity index (χ2n) is 8.08. The van der Waals surface area contributed by atoms with E-state index in [0.717, 1.165) is 32.4 Å². The highest BCUT2D eigenvalue weighted by atomic mass is 16.5. The SMILES string of the molecule is O=C(NC12CC(C1)C2)c1c(O)c2nccnc2n(CCN2CCOCC2)c1=O. The number of morpholine rings is 1. The van der Waals surface area contributed by atoms with Crippen LogP contribution in [0.2, 0.25) is 0 Å². The summed E-state index contributed by atoms with van der Waals surface area (Å²) >= 11 is 0. The van der Waals surface area contributed by atoms with Crippen LogP contribution in [0.25, 0.3) is 11.2 Å². The van der Waals surface area contributed by atoms with Crippen molar-refractivity contribution in [1.29, 1.82) is 0 Å². The highest BCUT2D eigenvalue weighted by Gasteiger charge is 2.57. The number of aromatic nitrogens is 3. The van der Waals surface area contributed by atoms with E-state index in [1.54, 1.807) is 0 Å². The largest absolute Gasteiger partial charge is 0.505 e. The Morgan fingerprint density at radius 1 is 1.21 bits per heavy atom. The van der Waals surface area contributed by atoms with Crippen LogP contribution in [0.15, 0.2) is 17.2 Å². The van der Waals surface area contributed by atoms with Gasteiger partial charge in [-0.1, -0.05) is 0 Å². The van der Waals surface area contributed by atoms with Crippen molar-refractivity contribution >= 4 is 17.1 Å². The molecule has 1 aliphatic heterocycles. The molecular formula is C19H23N5O4. The van der Waals surface area contributed by atoms with Gasteiger partial charge < -0.3 is 15.2 Å². The highest BCUT2D eigenvalue weighted by Crippen LogP contribution is 2.57.